The zero-order chi connectivity index (χ0) is 61.2. The molecule has 0 N–H and O–H groups in total. The first-order chi connectivity index (χ1) is 37.4. The van der Waals surface area contributed by atoms with Gasteiger partial charge in [0.05, 0.1) is 55.3 Å². The molecule has 6 rings (SSSR count). The Labute approximate surface area is 444 Å². The van der Waals surface area contributed by atoms with Crippen molar-refractivity contribution in [3.8, 4) is 5.75 Å². The van der Waals surface area contributed by atoms with Gasteiger partial charge in [-0.1, -0.05) is 30.3 Å². The molecule has 0 bridgehead atoms. The minimum atomic E-state index is -8.89. The van der Waals surface area contributed by atoms with Gasteiger partial charge in [-0.25, -0.2) is 70.2 Å². The van der Waals surface area contributed by atoms with Gasteiger partial charge in [0, 0.05) is 7.11 Å². The molecule has 0 amide bonds. The van der Waals surface area contributed by atoms with Crippen LogP contribution in [0.1, 0.15) is 22.3 Å². The first kappa shape index (κ1) is 65.6. The highest BCUT2D eigenvalue weighted by molar-refractivity contribution is 7.20. The van der Waals surface area contributed by atoms with Crippen molar-refractivity contribution in [2.24, 2.45) is 0 Å². The number of alkyl halides is 12. The highest BCUT2D eigenvalue weighted by Gasteiger charge is 2.60. The van der Waals surface area contributed by atoms with Crippen LogP contribution in [0.5, 0.6) is 5.75 Å². The first-order valence-corrected chi connectivity index (χ1v) is 23.6. The lowest BCUT2D eigenvalue weighted by Crippen LogP contribution is -3.61. The largest absolute Gasteiger partial charge is 0.486 e. The van der Waals surface area contributed by atoms with E-state index in [2.05, 4.69) is 36.4 Å². The molecule has 0 aliphatic carbocycles. The average molecular weight is 1320 g/mol. The van der Waals surface area contributed by atoms with Crippen LogP contribution in [0.3, 0.4) is 0 Å². The summed E-state index contributed by atoms with van der Waals surface area (Å²) in [4.78, 5) is 0. The van der Waals surface area contributed by atoms with Gasteiger partial charge in [-0.2, -0.15) is 52.7 Å². The number of halogens is 29. The van der Waals surface area contributed by atoms with E-state index >= 15 is 35.1 Å². The van der Waals surface area contributed by atoms with Crippen LogP contribution in [-0.2, 0) is 38.9 Å². The fourth-order valence-electron chi connectivity index (χ4n) is 8.11. The minimum absolute atomic E-state index is 0.229. The summed E-state index contributed by atoms with van der Waals surface area (Å²) in [5.74, 6) is -68.8. The lowest BCUT2D eigenvalue weighted by molar-refractivity contribution is -0.598. The van der Waals surface area contributed by atoms with Gasteiger partial charge in [-0.3, -0.25) is 0 Å². The summed E-state index contributed by atoms with van der Waals surface area (Å²) in [6.07, 6.45) is -39.5. The fraction of sp³-hybridized carbons (Fsp3) is 0.234. The SMILES string of the molecule is COCCOCCOCCOc1ccccc1[I+]c1ccccc1.Fc1c(F)c(F)c(C(F)(F)F)c([B-](c2c(F)c(F)c(F)c(F)c2C(F)(F)F)(c2c(F)c(F)c(F)c(F)c2C(F)(F)F)c2c(F)c(F)c(F)c(F)c2C(F)(F)F)c1F. The highest BCUT2D eigenvalue weighted by Crippen LogP contribution is 2.44. The predicted molar refractivity (Wildman–Crippen MR) is 219 cm³/mol. The number of benzene rings is 6. The fourth-order valence-corrected chi connectivity index (χ4v) is 10.5. The molecule has 81 heavy (non-hydrogen) atoms. The quantitative estimate of drug-likeness (QED) is 0.0242. The molecule has 0 aliphatic heterocycles. The van der Waals surface area contributed by atoms with E-state index in [-0.39, 0.29) is 21.2 Å². The van der Waals surface area contributed by atoms with E-state index in [1.807, 2.05) is 18.2 Å². The zero-order valence-electron chi connectivity index (χ0n) is 39.1. The van der Waals surface area contributed by atoms with Crippen molar-refractivity contribution in [2.75, 3.05) is 46.8 Å². The van der Waals surface area contributed by atoms with Crippen molar-refractivity contribution in [1.29, 1.82) is 0 Å². The summed E-state index contributed by atoms with van der Waals surface area (Å²) in [6.45, 7) is 3.49. The summed E-state index contributed by atoms with van der Waals surface area (Å²) in [6, 6.07) is 18.8. The summed E-state index contributed by atoms with van der Waals surface area (Å²) in [7, 11) is 1.66. The predicted octanol–water partition coefficient (Wildman–Crippen LogP) is 9.24. The Bertz CT molecular complexity index is 2960. The normalized spacial score (nSPS) is 12.5. The van der Waals surface area contributed by atoms with Crippen molar-refractivity contribution in [3.63, 3.8) is 0 Å². The van der Waals surface area contributed by atoms with E-state index in [1.54, 1.807) is 7.11 Å². The van der Waals surface area contributed by atoms with E-state index in [9.17, 15) is 87.8 Å². The van der Waals surface area contributed by atoms with Gasteiger partial charge >= 0.3 is 45.9 Å². The Hall–Kier alpha value is -6.17. The maximum atomic E-state index is 16.0. The van der Waals surface area contributed by atoms with Crippen molar-refractivity contribution >= 4 is 28.0 Å². The number of ether oxygens (including phenoxy) is 4. The van der Waals surface area contributed by atoms with E-state index in [4.69, 9.17) is 18.9 Å². The smallest absolute Gasteiger partial charge is 0.416 e. The van der Waals surface area contributed by atoms with Gasteiger partial charge in [0.15, 0.2) is 79.1 Å². The Balaban J connectivity index is 0.000000416. The van der Waals surface area contributed by atoms with Gasteiger partial charge in [0.1, 0.15) is 36.0 Å². The van der Waals surface area contributed by atoms with Crippen LogP contribution in [0, 0.1) is 100 Å². The second kappa shape index (κ2) is 25.1. The molecule has 0 spiro atoms. The second-order valence-electron chi connectivity index (χ2n) is 15.9. The molecule has 6 aromatic carbocycles. The first-order valence-electron chi connectivity index (χ1n) is 21.4. The molecule has 4 nitrogen and oxygen atoms in total. The van der Waals surface area contributed by atoms with Crippen molar-refractivity contribution in [2.45, 2.75) is 24.7 Å². The van der Waals surface area contributed by atoms with Crippen molar-refractivity contribution in [1.82, 2.24) is 0 Å². The zero-order valence-corrected chi connectivity index (χ0v) is 41.3. The third kappa shape index (κ3) is 12.9. The molecule has 0 saturated heterocycles. The number of hydrogen-bond acceptors (Lipinski definition) is 4. The molecule has 0 radical (unpaired) electrons. The van der Waals surface area contributed by atoms with Crippen LogP contribution in [0.4, 0.5) is 123 Å². The van der Waals surface area contributed by atoms with Gasteiger partial charge in [0.25, 0.3) is 0 Å². The topological polar surface area (TPSA) is 36.9 Å². The van der Waals surface area contributed by atoms with E-state index < -0.39 is 168 Å². The number of rotatable bonds is 16. The standard InChI is InChI=1S/C28BF28.C19H24IO4/c30-9-1(25(46,47)48)5(13(34)21(42)17(9)38)29(6-2(26(49,50)51)10(31)18(39)22(43)14(6)35,7-3(27(52,53)54)11(32)19(40)23(44)15(7)36)8-4(28(55,56)57)12(33)20(41)24(45)16(8)37;1-21-11-12-22-13-14-23-15-16-24-19-10-6-5-9-18(19)20-17-7-3-2-4-8-17/h;2-10H,11-16H2,1H3/q-1;+1. The molecule has 0 aromatic heterocycles. The number of hydrogen-bond donors (Lipinski definition) is 0. The van der Waals surface area contributed by atoms with E-state index in [0.29, 0.717) is 39.6 Å². The molecule has 34 heteroatoms. The average Bonchev–Trinajstić information content (AvgIpc) is 1.70. The van der Waals surface area contributed by atoms with Crippen LogP contribution < -0.4 is 47.8 Å². The number of methoxy groups -OCH3 is 1. The maximum absolute atomic E-state index is 16.0. The summed E-state index contributed by atoms with van der Waals surface area (Å²) in [5.41, 5.74) is -38.1. The van der Waals surface area contributed by atoms with Crippen LogP contribution in [0.2, 0.25) is 0 Å². The van der Waals surface area contributed by atoms with Gasteiger partial charge in [0.2, 0.25) is 3.57 Å². The number of para-hydroxylation sites is 1. The van der Waals surface area contributed by atoms with Crippen molar-refractivity contribution < 1.29 is 163 Å². The molecule has 0 fully saturated rings. The maximum Gasteiger partial charge on any atom is 0.416 e. The molecule has 6 aromatic rings. The summed E-state index contributed by atoms with van der Waals surface area (Å²) in [5, 5.41) is 0. The Morgan fingerprint density at radius 1 is 0.333 bits per heavy atom. The molecule has 0 atom stereocenters. The highest BCUT2D eigenvalue weighted by atomic mass is 127. The van der Waals surface area contributed by atoms with Gasteiger partial charge in [-0.15, -0.1) is 21.9 Å². The summed E-state index contributed by atoms with van der Waals surface area (Å²) < 4.78 is 442. The van der Waals surface area contributed by atoms with Crippen LogP contribution in [0.25, 0.3) is 0 Å². The minimum Gasteiger partial charge on any atom is -0.486 e. The lowest BCUT2D eigenvalue weighted by Gasteiger charge is -2.49. The Morgan fingerprint density at radius 2 is 0.605 bits per heavy atom. The van der Waals surface area contributed by atoms with Gasteiger partial charge < -0.3 is 18.9 Å². The monoisotopic (exact) mass is 1320 g/mol. The molecule has 0 unspecified atom stereocenters. The molecule has 0 heterocycles. The molecule has 0 saturated carbocycles. The van der Waals surface area contributed by atoms with E-state index in [0.717, 1.165) is 5.75 Å². The van der Waals surface area contributed by atoms with Crippen LogP contribution in [-0.4, -0.2) is 52.9 Å². The Morgan fingerprint density at radius 3 is 0.914 bits per heavy atom. The van der Waals surface area contributed by atoms with Crippen LogP contribution in [0.15, 0.2) is 54.6 Å². The van der Waals surface area contributed by atoms with Gasteiger partial charge in [-0.05, 0) is 24.3 Å². The second-order valence-corrected chi connectivity index (χ2v) is 18.9. The summed E-state index contributed by atoms with van der Waals surface area (Å²) >= 11 is -0.229. The third-order valence-corrected chi connectivity index (χ3v) is 14.0. The Kier molecular flexibility index (Phi) is 20.4. The lowest BCUT2D eigenvalue weighted by atomic mass is 9.11. The third-order valence-electron chi connectivity index (χ3n) is 11.1. The van der Waals surface area contributed by atoms with Crippen LogP contribution >= 0.6 is 0 Å². The van der Waals surface area contributed by atoms with Crippen molar-refractivity contribution in [3.05, 3.63) is 177 Å². The molecular formula is C47H24BF28IO4. The molecule has 0 aliphatic rings. The molecular weight excluding hydrogens is 1300 g/mol. The van der Waals surface area contributed by atoms with E-state index in [1.165, 1.54) is 7.14 Å². The molecule has 442 valence electrons.